The maximum absolute atomic E-state index is 12.6. The number of aromatic nitrogens is 1. The zero-order chi connectivity index (χ0) is 20.9. The standard InChI is InChI=1S/C23H30N4O2S/c1-16-25-21(15-30-16)14-27-10-8-19(9-11-27)22(28)24-13-17-4-2-7-20(12-17)26-23(29)18-5-3-6-18/h2,4,7,12,15,18-19H,3,5-6,8-11,13-14H2,1H3,(H,24,28)(H,26,29). The second-order valence-corrected chi connectivity index (χ2v) is 9.51. The van der Waals surface area contributed by atoms with E-state index in [4.69, 9.17) is 0 Å². The van der Waals surface area contributed by atoms with Crippen molar-refractivity contribution in [3.8, 4) is 0 Å². The van der Waals surface area contributed by atoms with E-state index in [2.05, 4.69) is 25.9 Å². The third kappa shape index (κ3) is 5.46. The Morgan fingerprint density at radius 1 is 1.13 bits per heavy atom. The molecule has 4 rings (SSSR count). The van der Waals surface area contributed by atoms with Crippen LogP contribution in [0.1, 0.15) is 48.4 Å². The lowest BCUT2D eigenvalue weighted by Crippen LogP contribution is -2.40. The van der Waals surface area contributed by atoms with Crippen LogP contribution in [-0.4, -0.2) is 34.8 Å². The molecular formula is C23H30N4O2S. The van der Waals surface area contributed by atoms with Crippen LogP contribution in [0.2, 0.25) is 0 Å². The van der Waals surface area contributed by atoms with Crippen LogP contribution in [0.5, 0.6) is 0 Å². The molecule has 0 spiro atoms. The van der Waals surface area contributed by atoms with Crippen molar-refractivity contribution in [2.75, 3.05) is 18.4 Å². The Morgan fingerprint density at radius 2 is 1.90 bits per heavy atom. The molecule has 2 amide bonds. The first-order chi connectivity index (χ1) is 14.6. The van der Waals surface area contributed by atoms with Crippen molar-refractivity contribution in [1.29, 1.82) is 0 Å². The number of thiazole rings is 1. The number of carbonyl (C=O) groups is 2. The maximum atomic E-state index is 12.6. The minimum absolute atomic E-state index is 0.0694. The lowest BCUT2D eigenvalue weighted by Gasteiger charge is -2.30. The molecule has 2 fully saturated rings. The lowest BCUT2D eigenvalue weighted by molar-refractivity contribution is -0.126. The van der Waals surface area contributed by atoms with E-state index >= 15 is 0 Å². The molecule has 6 nitrogen and oxygen atoms in total. The van der Waals surface area contributed by atoms with Crippen LogP contribution < -0.4 is 10.6 Å². The Bertz CT molecular complexity index is 885. The highest BCUT2D eigenvalue weighted by Crippen LogP contribution is 2.27. The number of carbonyl (C=O) groups excluding carboxylic acids is 2. The van der Waals surface area contributed by atoms with Gasteiger partial charge >= 0.3 is 0 Å². The summed E-state index contributed by atoms with van der Waals surface area (Å²) in [7, 11) is 0. The summed E-state index contributed by atoms with van der Waals surface area (Å²) in [6, 6.07) is 7.77. The molecule has 1 saturated heterocycles. The van der Waals surface area contributed by atoms with Gasteiger partial charge in [-0.25, -0.2) is 4.98 Å². The topological polar surface area (TPSA) is 74.3 Å². The Morgan fingerprint density at radius 3 is 2.57 bits per heavy atom. The monoisotopic (exact) mass is 426 g/mol. The van der Waals surface area contributed by atoms with Crippen LogP contribution in [0.4, 0.5) is 5.69 Å². The van der Waals surface area contributed by atoms with E-state index in [1.165, 1.54) is 0 Å². The van der Waals surface area contributed by atoms with E-state index in [9.17, 15) is 9.59 Å². The second-order valence-electron chi connectivity index (χ2n) is 8.44. The van der Waals surface area contributed by atoms with Gasteiger partial charge in [0.25, 0.3) is 0 Å². The lowest BCUT2D eigenvalue weighted by atomic mass is 9.85. The van der Waals surface area contributed by atoms with E-state index in [1.807, 2.05) is 31.2 Å². The van der Waals surface area contributed by atoms with Crippen LogP contribution in [0.25, 0.3) is 0 Å². The molecule has 0 radical (unpaired) electrons. The molecule has 30 heavy (non-hydrogen) atoms. The maximum Gasteiger partial charge on any atom is 0.227 e. The number of hydrogen-bond donors (Lipinski definition) is 2. The van der Waals surface area contributed by atoms with Gasteiger partial charge in [0.15, 0.2) is 0 Å². The first kappa shape index (κ1) is 21.0. The van der Waals surface area contributed by atoms with Crippen LogP contribution in [0, 0.1) is 18.8 Å². The predicted octanol–water partition coefficient (Wildman–Crippen LogP) is 3.72. The highest BCUT2D eigenvalue weighted by atomic mass is 32.1. The van der Waals surface area contributed by atoms with Gasteiger partial charge in [0, 0.05) is 36.0 Å². The predicted molar refractivity (Wildman–Crippen MR) is 119 cm³/mol. The molecule has 1 aromatic carbocycles. The van der Waals surface area contributed by atoms with E-state index in [0.717, 1.165) is 73.7 Å². The third-order valence-corrected chi connectivity index (χ3v) is 6.97. The number of nitrogens with one attached hydrogen (secondary N) is 2. The molecule has 1 aliphatic heterocycles. The normalized spacial score (nSPS) is 18.0. The van der Waals surface area contributed by atoms with Gasteiger partial charge in [0.1, 0.15) is 0 Å². The smallest absolute Gasteiger partial charge is 0.227 e. The first-order valence-electron chi connectivity index (χ1n) is 10.9. The summed E-state index contributed by atoms with van der Waals surface area (Å²) in [4.78, 5) is 31.7. The van der Waals surface area contributed by atoms with Gasteiger partial charge < -0.3 is 10.6 Å². The molecule has 0 atom stereocenters. The van der Waals surface area contributed by atoms with Crippen molar-refractivity contribution in [2.45, 2.75) is 52.1 Å². The van der Waals surface area contributed by atoms with Crippen molar-refractivity contribution in [2.24, 2.45) is 11.8 Å². The minimum atomic E-state index is 0.0694. The summed E-state index contributed by atoms with van der Waals surface area (Å²) >= 11 is 1.69. The number of amides is 2. The zero-order valence-electron chi connectivity index (χ0n) is 17.5. The van der Waals surface area contributed by atoms with Gasteiger partial charge in [-0.2, -0.15) is 0 Å². The van der Waals surface area contributed by atoms with E-state index in [1.54, 1.807) is 11.3 Å². The van der Waals surface area contributed by atoms with Crippen molar-refractivity contribution in [1.82, 2.24) is 15.2 Å². The molecule has 0 unspecified atom stereocenters. The molecule has 2 N–H and O–H groups in total. The fourth-order valence-corrected chi connectivity index (χ4v) is 4.67. The van der Waals surface area contributed by atoms with Crippen LogP contribution >= 0.6 is 11.3 Å². The number of rotatable bonds is 7. The Labute approximate surface area is 182 Å². The van der Waals surface area contributed by atoms with Gasteiger partial charge in [0.2, 0.25) is 11.8 Å². The molecular weight excluding hydrogens is 396 g/mol. The second kappa shape index (κ2) is 9.71. The van der Waals surface area contributed by atoms with E-state index in [0.29, 0.717) is 6.54 Å². The average molecular weight is 427 g/mol. The van der Waals surface area contributed by atoms with Gasteiger partial charge in [0.05, 0.1) is 10.7 Å². The zero-order valence-corrected chi connectivity index (χ0v) is 18.3. The molecule has 1 aliphatic carbocycles. The number of likely N-dealkylation sites (tertiary alicyclic amines) is 1. The van der Waals surface area contributed by atoms with E-state index in [-0.39, 0.29) is 23.7 Å². The van der Waals surface area contributed by atoms with Crippen molar-refractivity contribution >= 4 is 28.8 Å². The fourth-order valence-electron chi connectivity index (χ4n) is 4.07. The number of aryl methyl sites for hydroxylation is 1. The molecule has 160 valence electrons. The van der Waals surface area contributed by atoms with Gasteiger partial charge in [-0.3, -0.25) is 14.5 Å². The highest BCUT2D eigenvalue weighted by molar-refractivity contribution is 7.09. The number of anilines is 1. The molecule has 2 aliphatic rings. The Balaban J connectivity index is 1.21. The first-order valence-corrected chi connectivity index (χ1v) is 11.8. The summed E-state index contributed by atoms with van der Waals surface area (Å²) < 4.78 is 0. The number of hydrogen-bond acceptors (Lipinski definition) is 5. The third-order valence-electron chi connectivity index (χ3n) is 6.15. The quantitative estimate of drug-likeness (QED) is 0.708. The van der Waals surface area contributed by atoms with Crippen LogP contribution in [0.3, 0.4) is 0 Å². The molecule has 0 bridgehead atoms. The minimum Gasteiger partial charge on any atom is -0.352 e. The largest absolute Gasteiger partial charge is 0.352 e. The fraction of sp³-hybridized carbons (Fsp3) is 0.522. The summed E-state index contributed by atoms with van der Waals surface area (Å²) in [5.74, 6) is 0.476. The summed E-state index contributed by atoms with van der Waals surface area (Å²) in [5.41, 5.74) is 2.94. The van der Waals surface area contributed by atoms with Crippen molar-refractivity contribution in [3.63, 3.8) is 0 Å². The van der Waals surface area contributed by atoms with Gasteiger partial charge in [-0.1, -0.05) is 18.6 Å². The molecule has 2 aromatic rings. The molecule has 1 saturated carbocycles. The van der Waals surface area contributed by atoms with Crippen LogP contribution in [-0.2, 0) is 22.7 Å². The highest BCUT2D eigenvalue weighted by Gasteiger charge is 2.26. The Hall–Kier alpha value is -2.25. The van der Waals surface area contributed by atoms with Gasteiger partial charge in [-0.05, 0) is 63.4 Å². The van der Waals surface area contributed by atoms with Gasteiger partial charge in [-0.15, -0.1) is 11.3 Å². The summed E-state index contributed by atoms with van der Waals surface area (Å²) in [5, 5.41) is 9.31. The summed E-state index contributed by atoms with van der Waals surface area (Å²) in [6.45, 7) is 5.25. The molecule has 2 heterocycles. The molecule has 7 heteroatoms. The molecule has 1 aromatic heterocycles. The van der Waals surface area contributed by atoms with Crippen molar-refractivity contribution < 1.29 is 9.59 Å². The van der Waals surface area contributed by atoms with E-state index < -0.39 is 0 Å². The number of piperidine rings is 1. The SMILES string of the molecule is Cc1nc(CN2CCC(C(=O)NCc3cccc(NC(=O)C4CCC4)c3)CC2)cs1. The van der Waals surface area contributed by atoms with Crippen molar-refractivity contribution in [3.05, 3.63) is 45.9 Å². The average Bonchev–Trinajstić information content (AvgIpc) is 3.10. The summed E-state index contributed by atoms with van der Waals surface area (Å²) in [6.07, 6.45) is 4.89. The van der Waals surface area contributed by atoms with Crippen LogP contribution in [0.15, 0.2) is 29.6 Å². The number of nitrogens with zero attached hydrogens (tertiary/aromatic N) is 2. The number of benzene rings is 1. The Kier molecular flexibility index (Phi) is 6.79.